The summed E-state index contributed by atoms with van der Waals surface area (Å²) < 4.78 is 0. The van der Waals surface area contributed by atoms with Crippen LogP contribution in [0.5, 0.6) is 0 Å². The first kappa shape index (κ1) is 13.2. The molecule has 0 aromatic heterocycles. The second-order valence-electron chi connectivity index (χ2n) is 5.59. The third kappa shape index (κ3) is 2.70. The predicted molar refractivity (Wildman–Crippen MR) is 85.7 cm³/mol. The van der Waals surface area contributed by atoms with Gasteiger partial charge < -0.3 is 11.1 Å². The summed E-state index contributed by atoms with van der Waals surface area (Å²) in [5, 5.41) is 3.73. The van der Waals surface area contributed by atoms with E-state index >= 15 is 0 Å². The third-order valence-corrected chi connectivity index (χ3v) is 4.31. The molecule has 2 atom stereocenters. The molecule has 20 heavy (non-hydrogen) atoms. The normalized spacial score (nSPS) is 21.9. The number of nitrogens with one attached hydrogen (secondary N) is 1. The van der Waals surface area contributed by atoms with E-state index in [1.807, 2.05) is 0 Å². The molecule has 2 aromatic carbocycles. The zero-order valence-corrected chi connectivity index (χ0v) is 11.8. The van der Waals surface area contributed by atoms with Crippen LogP contribution in [-0.4, -0.2) is 12.6 Å². The molecule has 0 amide bonds. The van der Waals surface area contributed by atoms with Crippen LogP contribution in [0, 0.1) is 5.92 Å². The van der Waals surface area contributed by atoms with Crippen LogP contribution in [0.3, 0.4) is 0 Å². The molecule has 0 saturated heterocycles. The average Bonchev–Trinajstić information content (AvgIpc) is 2.96. The molecule has 0 aliphatic heterocycles. The summed E-state index contributed by atoms with van der Waals surface area (Å²) >= 11 is 0. The largest absolute Gasteiger partial charge is 0.381 e. The minimum absolute atomic E-state index is 0.518. The van der Waals surface area contributed by atoms with Gasteiger partial charge in [0.25, 0.3) is 0 Å². The second kappa shape index (κ2) is 6.10. The van der Waals surface area contributed by atoms with Crippen LogP contribution in [0.1, 0.15) is 19.3 Å². The highest BCUT2D eigenvalue weighted by atomic mass is 14.9. The Bertz CT molecular complexity index is 550. The van der Waals surface area contributed by atoms with Crippen molar-refractivity contribution >= 4 is 5.69 Å². The summed E-state index contributed by atoms with van der Waals surface area (Å²) in [5.41, 5.74) is 9.65. The van der Waals surface area contributed by atoms with Gasteiger partial charge in [-0.15, -0.1) is 0 Å². The molecule has 1 fully saturated rings. The third-order valence-electron chi connectivity index (χ3n) is 4.31. The van der Waals surface area contributed by atoms with Crippen LogP contribution >= 0.6 is 0 Å². The lowest BCUT2D eigenvalue weighted by molar-refractivity contribution is 0.517. The van der Waals surface area contributed by atoms with Crippen molar-refractivity contribution < 1.29 is 0 Å². The number of benzene rings is 2. The summed E-state index contributed by atoms with van der Waals surface area (Å²) in [4.78, 5) is 0. The fourth-order valence-electron chi connectivity index (χ4n) is 3.19. The smallest absolute Gasteiger partial charge is 0.0422 e. The lowest BCUT2D eigenvalue weighted by Gasteiger charge is -2.22. The molecule has 104 valence electrons. The Kier molecular flexibility index (Phi) is 4.03. The summed E-state index contributed by atoms with van der Waals surface area (Å²) in [6.07, 6.45) is 3.76. The number of rotatable bonds is 4. The van der Waals surface area contributed by atoms with E-state index in [0.29, 0.717) is 12.0 Å². The fraction of sp³-hybridized carbons (Fsp3) is 0.333. The molecule has 3 N–H and O–H groups in total. The van der Waals surface area contributed by atoms with E-state index in [1.54, 1.807) is 0 Å². The molecule has 2 unspecified atom stereocenters. The average molecular weight is 266 g/mol. The van der Waals surface area contributed by atoms with Crippen molar-refractivity contribution in [2.45, 2.75) is 25.3 Å². The van der Waals surface area contributed by atoms with E-state index in [-0.39, 0.29) is 0 Å². The molecule has 0 spiro atoms. The van der Waals surface area contributed by atoms with Crippen molar-refractivity contribution in [3.05, 3.63) is 54.6 Å². The van der Waals surface area contributed by atoms with Crippen LogP contribution in [0.4, 0.5) is 5.69 Å². The quantitative estimate of drug-likeness (QED) is 0.881. The second-order valence-corrected chi connectivity index (χ2v) is 5.59. The van der Waals surface area contributed by atoms with Crippen LogP contribution in [0.15, 0.2) is 54.6 Å². The highest BCUT2D eigenvalue weighted by molar-refractivity contribution is 5.77. The van der Waals surface area contributed by atoms with Crippen molar-refractivity contribution in [2.75, 3.05) is 11.9 Å². The molecule has 0 heterocycles. The first-order valence-corrected chi connectivity index (χ1v) is 7.49. The lowest BCUT2D eigenvalue weighted by Crippen LogP contribution is -2.29. The van der Waals surface area contributed by atoms with Gasteiger partial charge in [0.15, 0.2) is 0 Å². The maximum absolute atomic E-state index is 5.89. The highest BCUT2D eigenvalue weighted by Crippen LogP contribution is 2.32. The first-order valence-electron chi connectivity index (χ1n) is 7.49. The first-order chi connectivity index (χ1) is 9.88. The number of nitrogens with two attached hydrogens (primary N) is 1. The Balaban J connectivity index is 1.87. The Morgan fingerprint density at radius 1 is 0.950 bits per heavy atom. The molecule has 2 heteroatoms. The Hall–Kier alpha value is -1.80. The zero-order chi connectivity index (χ0) is 13.8. The van der Waals surface area contributed by atoms with Crippen molar-refractivity contribution in [3.8, 4) is 11.1 Å². The molecular formula is C18H22N2. The van der Waals surface area contributed by atoms with E-state index in [0.717, 1.165) is 6.54 Å². The van der Waals surface area contributed by atoms with E-state index in [2.05, 4.69) is 59.9 Å². The van der Waals surface area contributed by atoms with Gasteiger partial charge in [-0.05, 0) is 36.9 Å². The van der Waals surface area contributed by atoms with Crippen LogP contribution < -0.4 is 11.1 Å². The standard InChI is InChI=1S/C18H22N2/c19-13-15-9-6-12-17(15)20-18-11-5-4-10-16(18)14-7-2-1-3-8-14/h1-5,7-8,10-11,15,17,20H,6,9,12-13,19H2. The molecule has 1 aliphatic carbocycles. The van der Waals surface area contributed by atoms with Gasteiger partial charge in [-0.3, -0.25) is 0 Å². The summed E-state index contributed by atoms with van der Waals surface area (Å²) in [6.45, 7) is 0.783. The Morgan fingerprint density at radius 2 is 1.70 bits per heavy atom. The van der Waals surface area contributed by atoms with Gasteiger partial charge >= 0.3 is 0 Å². The van der Waals surface area contributed by atoms with Gasteiger partial charge in [-0.2, -0.15) is 0 Å². The van der Waals surface area contributed by atoms with Crippen molar-refractivity contribution in [1.82, 2.24) is 0 Å². The molecule has 0 bridgehead atoms. The monoisotopic (exact) mass is 266 g/mol. The van der Waals surface area contributed by atoms with Gasteiger partial charge in [0.2, 0.25) is 0 Å². The highest BCUT2D eigenvalue weighted by Gasteiger charge is 2.26. The molecule has 3 rings (SSSR count). The topological polar surface area (TPSA) is 38.0 Å². The Labute approximate surface area is 121 Å². The molecule has 2 nitrogen and oxygen atoms in total. The SMILES string of the molecule is NCC1CCCC1Nc1ccccc1-c1ccccc1. The number of hydrogen-bond acceptors (Lipinski definition) is 2. The van der Waals surface area contributed by atoms with Gasteiger partial charge in [-0.1, -0.05) is 55.0 Å². The van der Waals surface area contributed by atoms with Gasteiger partial charge in [0.05, 0.1) is 0 Å². The van der Waals surface area contributed by atoms with Gasteiger partial charge in [0.1, 0.15) is 0 Å². The number of hydrogen-bond donors (Lipinski definition) is 2. The molecular weight excluding hydrogens is 244 g/mol. The van der Waals surface area contributed by atoms with Gasteiger partial charge in [-0.25, -0.2) is 0 Å². The molecule has 2 aromatic rings. The summed E-state index contributed by atoms with van der Waals surface area (Å²) in [7, 11) is 0. The van der Waals surface area contributed by atoms with E-state index in [1.165, 1.54) is 36.1 Å². The lowest BCUT2D eigenvalue weighted by atomic mass is 10.0. The van der Waals surface area contributed by atoms with Crippen molar-refractivity contribution in [3.63, 3.8) is 0 Å². The fourth-order valence-corrected chi connectivity index (χ4v) is 3.19. The van der Waals surface area contributed by atoms with E-state index in [4.69, 9.17) is 5.73 Å². The summed E-state index contributed by atoms with van der Waals surface area (Å²) in [6, 6.07) is 19.6. The van der Waals surface area contributed by atoms with Crippen molar-refractivity contribution in [1.29, 1.82) is 0 Å². The molecule has 0 radical (unpaired) electrons. The maximum Gasteiger partial charge on any atom is 0.0422 e. The molecule has 1 saturated carbocycles. The minimum Gasteiger partial charge on any atom is -0.381 e. The van der Waals surface area contributed by atoms with Crippen molar-refractivity contribution in [2.24, 2.45) is 11.7 Å². The minimum atomic E-state index is 0.518. The van der Waals surface area contributed by atoms with E-state index < -0.39 is 0 Å². The summed E-state index contributed by atoms with van der Waals surface area (Å²) in [5.74, 6) is 0.610. The number of anilines is 1. The van der Waals surface area contributed by atoms with E-state index in [9.17, 15) is 0 Å². The van der Waals surface area contributed by atoms with Crippen LogP contribution in [-0.2, 0) is 0 Å². The van der Waals surface area contributed by atoms with Crippen LogP contribution in [0.2, 0.25) is 0 Å². The van der Waals surface area contributed by atoms with Gasteiger partial charge in [0, 0.05) is 17.3 Å². The zero-order valence-electron chi connectivity index (χ0n) is 11.8. The predicted octanol–water partition coefficient (Wildman–Crippen LogP) is 3.89. The maximum atomic E-state index is 5.89. The molecule has 1 aliphatic rings. The number of para-hydroxylation sites is 1. The Morgan fingerprint density at radius 3 is 2.50 bits per heavy atom. The van der Waals surface area contributed by atoms with Crippen LogP contribution in [0.25, 0.3) is 11.1 Å².